The van der Waals surface area contributed by atoms with Gasteiger partial charge in [0.25, 0.3) is 11.8 Å². The highest BCUT2D eigenvalue weighted by Crippen LogP contribution is 2.36. The molecule has 0 saturated carbocycles. The minimum atomic E-state index is -0.977. The number of fused-ring (bicyclic) bond motifs is 2. The van der Waals surface area contributed by atoms with E-state index in [2.05, 4.69) is 30.5 Å². The van der Waals surface area contributed by atoms with Crippen LogP contribution >= 0.6 is 0 Å². The summed E-state index contributed by atoms with van der Waals surface area (Å²) in [6, 6.07) is 8.36. The maximum Gasteiger partial charge on any atom is 0.291 e. The Hall–Kier alpha value is -4.61. The van der Waals surface area contributed by atoms with Crippen molar-refractivity contribution >= 4 is 28.4 Å². The Morgan fingerprint density at radius 3 is 2.81 bits per heavy atom. The number of nitrogens with zero attached hydrogens (tertiary/aromatic N) is 5. The van der Waals surface area contributed by atoms with Crippen LogP contribution in [0, 0.1) is 5.82 Å². The van der Waals surface area contributed by atoms with Gasteiger partial charge in [0, 0.05) is 19.5 Å². The SMILES string of the molecule is C.COc1ncnc2cc3c(cc12)N(C)C(=O)[C@@H](NC(=O)c1n[nH]c(Cc2ccc(F)cc2)n1)CO3. The first-order valence-electron chi connectivity index (χ1n) is 10.6. The van der Waals surface area contributed by atoms with Crippen molar-refractivity contribution < 1.29 is 23.5 Å². The summed E-state index contributed by atoms with van der Waals surface area (Å²) in [6.07, 6.45) is 1.72. The van der Waals surface area contributed by atoms with Gasteiger partial charge in [0.1, 0.15) is 36.4 Å². The molecule has 2 N–H and O–H groups in total. The number of ether oxygens (including phenoxy) is 2. The van der Waals surface area contributed by atoms with E-state index in [0.717, 1.165) is 5.56 Å². The van der Waals surface area contributed by atoms with Crippen LogP contribution in [0.1, 0.15) is 29.4 Å². The minimum Gasteiger partial charge on any atom is -0.489 e. The number of carbonyl (C=O) groups is 2. The summed E-state index contributed by atoms with van der Waals surface area (Å²) in [4.78, 5) is 39.8. The molecular formula is C24H24FN7O4. The highest BCUT2D eigenvalue weighted by Gasteiger charge is 2.32. The first-order chi connectivity index (χ1) is 16.9. The van der Waals surface area contributed by atoms with E-state index < -0.39 is 11.9 Å². The molecule has 2 aromatic heterocycles. The monoisotopic (exact) mass is 493 g/mol. The fraction of sp³-hybridized carbons (Fsp3) is 0.250. The topological polar surface area (TPSA) is 135 Å². The molecule has 0 aliphatic carbocycles. The third kappa shape index (κ3) is 4.65. The lowest BCUT2D eigenvalue weighted by Gasteiger charge is -2.20. The number of carbonyl (C=O) groups excluding carboxylic acids is 2. The van der Waals surface area contributed by atoms with Crippen molar-refractivity contribution in [3.63, 3.8) is 0 Å². The number of benzene rings is 2. The molecule has 0 fully saturated rings. The van der Waals surface area contributed by atoms with Gasteiger partial charge in [0.2, 0.25) is 11.7 Å². The van der Waals surface area contributed by atoms with Gasteiger partial charge in [0.15, 0.2) is 0 Å². The molecule has 1 atom stereocenters. The van der Waals surface area contributed by atoms with Crippen LogP contribution in [0.15, 0.2) is 42.7 Å². The van der Waals surface area contributed by atoms with E-state index in [1.807, 2.05) is 0 Å². The molecule has 0 unspecified atom stereocenters. The van der Waals surface area contributed by atoms with Crippen LogP contribution in [-0.4, -0.2) is 63.8 Å². The molecule has 36 heavy (non-hydrogen) atoms. The maximum atomic E-state index is 13.1. The maximum absolute atomic E-state index is 13.1. The molecule has 4 aromatic rings. The smallest absolute Gasteiger partial charge is 0.291 e. The second-order valence-corrected chi connectivity index (χ2v) is 7.86. The lowest BCUT2D eigenvalue weighted by Crippen LogP contribution is -2.49. The second-order valence-electron chi connectivity index (χ2n) is 7.86. The van der Waals surface area contributed by atoms with Gasteiger partial charge in [-0.1, -0.05) is 19.6 Å². The molecule has 3 heterocycles. The van der Waals surface area contributed by atoms with Crippen molar-refractivity contribution in [1.29, 1.82) is 0 Å². The normalized spacial score (nSPS) is 14.9. The molecule has 186 valence electrons. The second kappa shape index (κ2) is 9.94. The lowest BCUT2D eigenvalue weighted by molar-refractivity contribution is -0.120. The Morgan fingerprint density at radius 1 is 1.28 bits per heavy atom. The number of aromatic amines is 1. The highest BCUT2D eigenvalue weighted by molar-refractivity contribution is 6.04. The fourth-order valence-electron chi connectivity index (χ4n) is 3.78. The summed E-state index contributed by atoms with van der Waals surface area (Å²) in [5, 5.41) is 9.89. The Bertz CT molecular complexity index is 1420. The number of methoxy groups -OCH3 is 1. The summed E-state index contributed by atoms with van der Waals surface area (Å²) < 4.78 is 24.2. The zero-order valence-corrected chi connectivity index (χ0v) is 18.8. The number of anilines is 1. The number of likely N-dealkylation sites (N-methyl/N-ethyl adjacent to an activating group) is 1. The summed E-state index contributed by atoms with van der Waals surface area (Å²) >= 11 is 0. The van der Waals surface area contributed by atoms with Crippen molar-refractivity contribution in [3.8, 4) is 11.6 Å². The van der Waals surface area contributed by atoms with Crippen molar-refractivity contribution in [1.82, 2.24) is 30.5 Å². The molecule has 12 heteroatoms. The zero-order valence-electron chi connectivity index (χ0n) is 18.8. The molecule has 5 rings (SSSR count). The predicted molar refractivity (Wildman–Crippen MR) is 129 cm³/mol. The summed E-state index contributed by atoms with van der Waals surface area (Å²) in [6.45, 7) is -0.0947. The van der Waals surface area contributed by atoms with Crippen LogP contribution in [-0.2, 0) is 11.2 Å². The Labute approximate surface area is 205 Å². The van der Waals surface area contributed by atoms with Gasteiger partial charge in [0.05, 0.1) is 23.7 Å². The predicted octanol–water partition coefficient (Wildman–Crippen LogP) is 2.28. The van der Waals surface area contributed by atoms with Gasteiger partial charge >= 0.3 is 0 Å². The number of hydrogen-bond donors (Lipinski definition) is 2. The third-order valence-corrected chi connectivity index (χ3v) is 5.59. The van der Waals surface area contributed by atoms with E-state index in [0.29, 0.717) is 40.5 Å². The van der Waals surface area contributed by atoms with Crippen LogP contribution < -0.4 is 19.7 Å². The van der Waals surface area contributed by atoms with E-state index >= 15 is 0 Å². The molecule has 1 aliphatic heterocycles. The average molecular weight is 493 g/mol. The molecule has 11 nitrogen and oxygen atoms in total. The average Bonchev–Trinajstić information content (AvgIpc) is 3.30. The summed E-state index contributed by atoms with van der Waals surface area (Å²) in [5.41, 5.74) is 1.88. The largest absolute Gasteiger partial charge is 0.489 e. The van der Waals surface area contributed by atoms with Crippen molar-refractivity contribution in [2.75, 3.05) is 25.7 Å². The van der Waals surface area contributed by atoms with Crippen LogP contribution in [0.25, 0.3) is 10.9 Å². The van der Waals surface area contributed by atoms with E-state index in [4.69, 9.17) is 9.47 Å². The van der Waals surface area contributed by atoms with E-state index in [9.17, 15) is 14.0 Å². The van der Waals surface area contributed by atoms with E-state index in [-0.39, 0.29) is 31.6 Å². The molecule has 0 spiro atoms. The molecular weight excluding hydrogens is 469 g/mol. The van der Waals surface area contributed by atoms with Crippen molar-refractivity contribution in [2.45, 2.75) is 19.9 Å². The van der Waals surface area contributed by atoms with Crippen LogP contribution in [0.2, 0.25) is 0 Å². The summed E-state index contributed by atoms with van der Waals surface area (Å²) in [5.74, 6) is -0.241. The number of halogens is 1. The lowest BCUT2D eigenvalue weighted by atomic mass is 10.1. The minimum absolute atomic E-state index is 0. The quantitative estimate of drug-likeness (QED) is 0.432. The number of aromatic nitrogens is 5. The molecule has 2 amide bonds. The first-order valence-corrected chi connectivity index (χ1v) is 10.6. The zero-order chi connectivity index (χ0) is 24.5. The molecule has 0 bridgehead atoms. The van der Waals surface area contributed by atoms with Crippen LogP contribution in [0.3, 0.4) is 0 Å². The Morgan fingerprint density at radius 2 is 2.06 bits per heavy atom. The van der Waals surface area contributed by atoms with Crippen molar-refractivity contribution in [2.24, 2.45) is 0 Å². The number of H-pyrrole nitrogens is 1. The molecule has 0 radical (unpaired) electrons. The summed E-state index contributed by atoms with van der Waals surface area (Å²) in [7, 11) is 3.09. The van der Waals surface area contributed by atoms with Crippen molar-refractivity contribution in [3.05, 3.63) is 65.8 Å². The number of rotatable bonds is 5. The van der Waals surface area contributed by atoms with Crippen LogP contribution in [0.5, 0.6) is 11.6 Å². The van der Waals surface area contributed by atoms with Crippen LogP contribution in [0.4, 0.5) is 10.1 Å². The van der Waals surface area contributed by atoms with E-state index in [1.54, 1.807) is 31.3 Å². The van der Waals surface area contributed by atoms with Gasteiger partial charge < -0.3 is 19.7 Å². The van der Waals surface area contributed by atoms with Gasteiger partial charge in [-0.15, -0.1) is 5.10 Å². The standard InChI is InChI=1S/C23H20FN7O4.CH4/c1-31-17-8-14-15(25-11-26-22(14)34-2)9-18(17)35-10-16(23(31)33)27-21(32)20-28-19(29-30-20)7-12-3-5-13(24)6-4-12;/h3-6,8-9,11,16H,7,10H2,1-2H3,(H,27,32)(H,28,29,30);1H4/t16-;/m0./s1. The fourth-order valence-corrected chi connectivity index (χ4v) is 3.78. The van der Waals surface area contributed by atoms with Gasteiger partial charge in [-0.05, 0) is 23.8 Å². The Balaban J connectivity index is 0.00000304. The number of nitrogens with one attached hydrogen (secondary N) is 2. The highest BCUT2D eigenvalue weighted by atomic mass is 19.1. The Kier molecular flexibility index (Phi) is 6.77. The molecule has 2 aromatic carbocycles. The van der Waals surface area contributed by atoms with Gasteiger partial charge in [-0.3, -0.25) is 14.7 Å². The first kappa shape index (κ1) is 24.5. The molecule has 1 aliphatic rings. The third-order valence-electron chi connectivity index (χ3n) is 5.59. The number of amides is 2. The van der Waals surface area contributed by atoms with Gasteiger partial charge in [-0.2, -0.15) is 0 Å². The molecule has 0 saturated heterocycles. The van der Waals surface area contributed by atoms with Gasteiger partial charge in [-0.25, -0.2) is 19.3 Å². The number of hydrogen-bond acceptors (Lipinski definition) is 8. The van der Waals surface area contributed by atoms with E-state index in [1.165, 1.54) is 30.5 Å².